The lowest BCUT2D eigenvalue weighted by molar-refractivity contribution is -0.115. The Kier molecular flexibility index (Phi) is 3.66. The van der Waals surface area contributed by atoms with Crippen LogP contribution >= 0.6 is 23.2 Å². The normalized spacial score (nSPS) is 14.8. The molecule has 0 spiro atoms. The molecule has 2 aromatic carbocycles. The number of anilines is 1. The van der Waals surface area contributed by atoms with Gasteiger partial charge in [-0.25, -0.2) is 0 Å². The molecule has 0 aromatic heterocycles. The van der Waals surface area contributed by atoms with Crippen molar-refractivity contribution in [2.24, 2.45) is 0 Å². The molecule has 1 amide bonds. The molecule has 3 nitrogen and oxygen atoms in total. The van der Waals surface area contributed by atoms with Crippen molar-refractivity contribution in [3.8, 4) is 0 Å². The highest BCUT2D eigenvalue weighted by Gasteiger charge is 2.23. The number of hydrogen-bond acceptors (Lipinski definition) is 2. The molecule has 21 heavy (non-hydrogen) atoms. The van der Waals surface area contributed by atoms with Crippen LogP contribution in [0, 0.1) is 6.92 Å². The Labute approximate surface area is 132 Å². The van der Waals surface area contributed by atoms with Crippen molar-refractivity contribution in [2.75, 3.05) is 5.32 Å². The second-order valence-electron chi connectivity index (χ2n) is 5.11. The predicted octanol–water partition coefficient (Wildman–Crippen LogP) is 3.88. The molecule has 0 fully saturated rings. The van der Waals surface area contributed by atoms with E-state index in [9.17, 15) is 9.90 Å². The average molecular weight is 322 g/mol. The molecule has 108 valence electrons. The summed E-state index contributed by atoms with van der Waals surface area (Å²) in [5.74, 6) is -0.0633. The number of carbonyl (C=O) groups is 1. The first-order valence-corrected chi connectivity index (χ1v) is 7.28. The molecule has 0 bridgehead atoms. The molecule has 1 unspecified atom stereocenters. The van der Waals surface area contributed by atoms with Crippen LogP contribution in [0.25, 0.3) is 0 Å². The molecule has 0 aliphatic carbocycles. The third-order valence-corrected chi connectivity index (χ3v) is 4.48. The summed E-state index contributed by atoms with van der Waals surface area (Å²) in [6.07, 6.45) is -0.571. The molecule has 0 saturated heterocycles. The Balaban J connectivity index is 2.06. The highest BCUT2D eigenvalue weighted by molar-refractivity contribution is 6.32. The summed E-state index contributed by atoms with van der Waals surface area (Å²) in [5.41, 5.74) is 3.67. The van der Waals surface area contributed by atoms with Gasteiger partial charge in [-0.15, -0.1) is 0 Å². The van der Waals surface area contributed by atoms with E-state index in [2.05, 4.69) is 5.32 Å². The van der Waals surface area contributed by atoms with Gasteiger partial charge in [0.1, 0.15) is 6.10 Å². The SMILES string of the molecule is Cc1c(Cl)cccc1C(O)c1cc2c(cc1Cl)NC(=O)C2. The van der Waals surface area contributed by atoms with Gasteiger partial charge in [-0.3, -0.25) is 4.79 Å². The molecule has 1 aliphatic heterocycles. The Morgan fingerprint density at radius 2 is 1.95 bits per heavy atom. The van der Waals surface area contributed by atoms with Crippen LogP contribution in [-0.4, -0.2) is 11.0 Å². The Morgan fingerprint density at radius 1 is 1.19 bits per heavy atom. The van der Waals surface area contributed by atoms with E-state index in [1.165, 1.54) is 0 Å². The zero-order valence-electron chi connectivity index (χ0n) is 11.3. The molecule has 2 N–H and O–H groups in total. The molecule has 5 heteroatoms. The Hall–Kier alpha value is -1.55. The van der Waals surface area contributed by atoms with Gasteiger partial charge in [0, 0.05) is 21.3 Å². The third kappa shape index (κ3) is 2.53. The molecular formula is C16H13Cl2NO2. The van der Waals surface area contributed by atoms with Crippen LogP contribution in [-0.2, 0) is 11.2 Å². The van der Waals surface area contributed by atoms with Crippen LogP contribution in [0.5, 0.6) is 0 Å². The highest BCUT2D eigenvalue weighted by atomic mass is 35.5. The second kappa shape index (κ2) is 5.34. The summed E-state index contributed by atoms with van der Waals surface area (Å²) in [5, 5.41) is 14.4. The first-order valence-electron chi connectivity index (χ1n) is 6.52. The van der Waals surface area contributed by atoms with E-state index in [1.807, 2.05) is 13.0 Å². The Bertz CT molecular complexity index is 743. The van der Waals surface area contributed by atoms with E-state index in [4.69, 9.17) is 23.2 Å². The molecule has 1 heterocycles. The van der Waals surface area contributed by atoms with Crippen LogP contribution in [0.4, 0.5) is 5.69 Å². The van der Waals surface area contributed by atoms with Gasteiger partial charge < -0.3 is 10.4 Å². The van der Waals surface area contributed by atoms with Gasteiger partial charge in [0.05, 0.1) is 6.42 Å². The highest BCUT2D eigenvalue weighted by Crippen LogP contribution is 2.36. The Morgan fingerprint density at radius 3 is 2.71 bits per heavy atom. The van der Waals surface area contributed by atoms with Crippen LogP contribution in [0.3, 0.4) is 0 Å². The van der Waals surface area contributed by atoms with Crippen molar-refractivity contribution in [3.05, 3.63) is 62.6 Å². The first kappa shape index (κ1) is 14.4. The number of aliphatic hydroxyl groups is 1. The number of rotatable bonds is 2. The summed E-state index contributed by atoms with van der Waals surface area (Å²) in [6.45, 7) is 1.85. The summed E-state index contributed by atoms with van der Waals surface area (Å²) < 4.78 is 0. The molecule has 1 atom stereocenters. The van der Waals surface area contributed by atoms with Gasteiger partial charge in [-0.05, 0) is 41.8 Å². The van der Waals surface area contributed by atoms with Crippen molar-refractivity contribution in [2.45, 2.75) is 19.4 Å². The second-order valence-corrected chi connectivity index (χ2v) is 5.93. The fourth-order valence-corrected chi connectivity index (χ4v) is 3.01. The molecule has 2 aromatic rings. The van der Waals surface area contributed by atoms with Gasteiger partial charge in [-0.1, -0.05) is 35.3 Å². The van der Waals surface area contributed by atoms with Crippen molar-refractivity contribution in [3.63, 3.8) is 0 Å². The minimum Gasteiger partial charge on any atom is -0.384 e. The topological polar surface area (TPSA) is 49.3 Å². The number of carbonyl (C=O) groups excluding carboxylic acids is 1. The lowest BCUT2D eigenvalue weighted by Crippen LogP contribution is -2.04. The van der Waals surface area contributed by atoms with Gasteiger partial charge >= 0.3 is 0 Å². The van der Waals surface area contributed by atoms with Crippen LogP contribution < -0.4 is 5.32 Å². The molecule has 0 saturated carbocycles. The third-order valence-electron chi connectivity index (χ3n) is 3.75. The molecular weight excluding hydrogens is 309 g/mol. The maximum Gasteiger partial charge on any atom is 0.228 e. The van der Waals surface area contributed by atoms with Crippen LogP contribution in [0.1, 0.15) is 28.4 Å². The average Bonchev–Trinajstić information content (AvgIpc) is 2.79. The lowest BCUT2D eigenvalue weighted by atomic mass is 9.95. The van der Waals surface area contributed by atoms with E-state index >= 15 is 0 Å². The maximum atomic E-state index is 11.4. The minimum absolute atomic E-state index is 0.0633. The zero-order valence-corrected chi connectivity index (χ0v) is 12.8. The van der Waals surface area contributed by atoms with E-state index in [-0.39, 0.29) is 5.91 Å². The minimum atomic E-state index is -0.878. The summed E-state index contributed by atoms with van der Waals surface area (Å²) >= 11 is 12.3. The summed E-state index contributed by atoms with van der Waals surface area (Å²) in [4.78, 5) is 11.4. The smallest absolute Gasteiger partial charge is 0.228 e. The summed E-state index contributed by atoms with van der Waals surface area (Å²) in [7, 11) is 0. The van der Waals surface area contributed by atoms with Gasteiger partial charge in [0.15, 0.2) is 0 Å². The van der Waals surface area contributed by atoms with E-state index in [0.29, 0.717) is 33.3 Å². The van der Waals surface area contributed by atoms with E-state index in [1.54, 1.807) is 24.3 Å². The zero-order chi connectivity index (χ0) is 15.1. The maximum absolute atomic E-state index is 11.4. The number of benzene rings is 2. The van der Waals surface area contributed by atoms with Gasteiger partial charge in [0.2, 0.25) is 5.91 Å². The molecule has 1 aliphatic rings. The lowest BCUT2D eigenvalue weighted by Gasteiger charge is -2.17. The fourth-order valence-electron chi connectivity index (χ4n) is 2.56. The fraction of sp³-hybridized carbons (Fsp3) is 0.188. The number of hydrogen-bond donors (Lipinski definition) is 2. The van der Waals surface area contributed by atoms with Crippen LogP contribution in [0.15, 0.2) is 30.3 Å². The number of amides is 1. The number of fused-ring (bicyclic) bond motifs is 1. The molecule has 3 rings (SSSR count). The van der Waals surface area contributed by atoms with E-state index < -0.39 is 6.10 Å². The van der Waals surface area contributed by atoms with Crippen molar-refractivity contribution >= 4 is 34.8 Å². The molecule has 0 radical (unpaired) electrons. The first-order chi connectivity index (χ1) is 9.97. The number of nitrogens with one attached hydrogen (secondary N) is 1. The summed E-state index contributed by atoms with van der Waals surface area (Å²) in [6, 6.07) is 8.85. The predicted molar refractivity (Wildman–Crippen MR) is 84.0 cm³/mol. The number of halogens is 2. The number of aliphatic hydroxyl groups excluding tert-OH is 1. The van der Waals surface area contributed by atoms with Crippen LogP contribution in [0.2, 0.25) is 10.0 Å². The van der Waals surface area contributed by atoms with Gasteiger partial charge in [0.25, 0.3) is 0 Å². The van der Waals surface area contributed by atoms with Crippen molar-refractivity contribution in [1.82, 2.24) is 0 Å². The standard InChI is InChI=1S/C16H13Cl2NO2/c1-8-10(3-2-4-12(8)17)16(21)11-5-9-6-15(20)19-14(9)7-13(11)18/h2-5,7,16,21H,6H2,1H3,(H,19,20). The largest absolute Gasteiger partial charge is 0.384 e. The van der Waals surface area contributed by atoms with Crippen molar-refractivity contribution < 1.29 is 9.90 Å². The van der Waals surface area contributed by atoms with Crippen molar-refractivity contribution in [1.29, 1.82) is 0 Å². The monoisotopic (exact) mass is 321 g/mol. The van der Waals surface area contributed by atoms with Gasteiger partial charge in [-0.2, -0.15) is 0 Å². The van der Waals surface area contributed by atoms with E-state index in [0.717, 1.165) is 11.1 Å². The quantitative estimate of drug-likeness (QED) is 0.881.